The summed E-state index contributed by atoms with van der Waals surface area (Å²) in [6, 6.07) is 5.28. The summed E-state index contributed by atoms with van der Waals surface area (Å²) in [5, 5.41) is 2.59. The molecule has 100 valence electrons. The van der Waals surface area contributed by atoms with E-state index in [0.29, 0.717) is 5.56 Å². The lowest BCUT2D eigenvalue weighted by molar-refractivity contribution is -0.274. The number of hydrogen-bond donors (Lipinski definition) is 2. The third-order valence-corrected chi connectivity index (χ3v) is 2.02. The fraction of sp³-hybridized carbons (Fsp3) is 0.364. The monoisotopic (exact) mass is 262 g/mol. The number of amides is 1. The van der Waals surface area contributed by atoms with E-state index in [1.807, 2.05) is 0 Å². The number of carbonyl (C=O) groups excluding carboxylic acids is 1. The van der Waals surface area contributed by atoms with Crippen molar-refractivity contribution in [3.8, 4) is 5.75 Å². The number of rotatable bonds is 5. The molecular weight excluding hydrogens is 249 g/mol. The van der Waals surface area contributed by atoms with Gasteiger partial charge in [0.15, 0.2) is 0 Å². The summed E-state index contributed by atoms with van der Waals surface area (Å²) in [6.07, 6.45) is -4.48. The first-order chi connectivity index (χ1) is 8.40. The average Bonchev–Trinajstić information content (AvgIpc) is 2.26. The molecular formula is C11H13F3N2O2. The minimum absolute atomic E-state index is 0.201. The van der Waals surface area contributed by atoms with Crippen LogP contribution in [0.25, 0.3) is 0 Å². The third kappa shape index (κ3) is 5.53. The number of ether oxygens (including phenoxy) is 1. The maximum atomic E-state index is 11.9. The molecule has 0 bridgehead atoms. The Morgan fingerprint density at radius 1 is 1.28 bits per heavy atom. The molecule has 0 unspecified atom stereocenters. The molecule has 7 heteroatoms. The van der Waals surface area contributed by atoms with Gasteiger partial charge in [-0.1, -0.05) is 12.1 Å². The molecule has 0 aliphatic rings. The standard InChI is InChI=1S/C11H13F3N2O2/c12-11(13,14)18-9-3-1-8(2-4-9)7-16-10(17)5-6-15/h1-4H,5-7,15H2,(H,16,17). The smallest absolute Gasteiger partial charge is 0.406 e. The lowest BCUT2D eigenvalue weighted by atomic mass is 10.2. The SMILES string of the molecule is NCCC(=O)NCc1ccc(OC(F)(F)F)cc1. The fourth-order valence-corrected chi connectivity index (χ4v) is 1.23. The van der Waals surface area contributed by atoms with Gasteiger partial charge in [-0.15, -0.1) is 13.2 Å². The van der Waals surface area contributed by atoms with E-state index in [1.54, 1.807) is 0 Å². The van der Waals surface area contributed by atoms with E-state index in [9.17, 15) is 18.0 Å². The van der Waals surface area contributed by atoms with E-state index in [1.165, 1.54) is 24.3 Å². The highest BCUT2D eigenvalue weighted by Crippen LogP contribution is 2.22. The van der Waals surface area contributed by atoms with Crippen LogP contribution < -0.4 is 15.8 Å². The molecule has 0 atom stereocenters. The Morgan fingerprint density at radius 3 is 2.39 bits per heavy atom. The second kappa shape index (κ2) is 6.25. The van der Waals surface area contributed by atoms with Crippen LogP contribution in [0.2, 0.25) is 0 Å². The molecule has 0 saturated carbocycles. The van der Waals surface area contributed by atoms with Crippen LogP contribution in [0.4, 0.5) is 13.2 Å². The Balaban J connectivity index is 2.48. The number of halogens is 3. The molecule has 1 aromatic carbocycles. The largest absolute Gasteiger partial charge is 0.573 e. The molecule has 0 aliphatic carbocycles. The second-order valence-electron chi connectivity index (χ2n) is 3.51. The van der Waals surface area contributed by atoms with Crippen LogP contribution in [0.15, 0.2) is 24.3 Å². The molecule has 18 heavy (non-hydrogen) atoms. The van der Waals surface area contributed by atoms with Crippen molar-refractivity contribution in [1.29, 1.82) is 0 Å². The van der Waals surface area contributed by atoms with Crippen molar-refractivity contribution in [2.24, 2.45) is 5.73 Å². The normalized spacial score (nSPS) is 11.1. The topological polar surface area (TPSA) is 64.4 Å². The van der Waals surface area contributed by atoms with Crippen LogP contribution in [0.5, 0.6) is 5.75 Å². The van der Waals surface area contributed by atoms with Crippen molar-refractivity contribution in [2.75, 3.05) is 6.54 Å². The van der Waals surface area contributed by atoms with Gasteiger partial charge in [0.2, 0.25) is 5.91 Å². The van der Waals surface area contributed by atoms with Crippen molar-refractivity contribution in [1.82, 2.24) is 5.32 Å². The summed E-state index contributed by atoms with van der Waals surface area (Å²) in [5.74, 6) is -0.493. The summed E-state index contributed by atoms with van der Waals surface area (Å²) >= 11 is 0. The van der Waals surface area contributed by atoms with Crippen LogP contribution in [-0.2, 0) is 11.3 Å². The van der Waals surface area contributed by atoms with E-state index in [2.05, 4.69) is 10.1 Å². The van der Waals surface area contributed by atoms with E-state index < -0.39 is 6.36 Å². The van der Waals surface area contributed by atoms with Crippen LogP contribution >= 0.6 is 0 Å². The second-order valence-corrected chi connectivity index (χ2v) is 3.51. The van der Waals surface area contributed by atoms with Gasteiger partial charge in [-0.25, -0.2) is 0 Å². The molecule has 3 N–H and O–H groups in total. The number of hydrogen-bond acceptors (Lipinski definition) is 3. The highest BCUT2D eigenvalue weighted by molar-refractivity contribution is 5.76. The molecule has 0 aromatic heterocycles. The number of carbonyl (C=O) groups is 1. The molecule has 0 saturated heterocycles. The summed E-state index contributed by atoms with van der Waals surface area (Å²) in [4.78, 5) is 11.1. The van der Waals surface area contributed by atoms with Gasteiger partial charge >= 0.3 is 6.36 Å². The Labute approximate surface area is 102 Å². The van der Waals surface area contributed by atoms with Gasteiger partial charge in [-0.3, -0.25) is 4.79 Å². The average molecular weight is 262 g/mol. The van der Waals surface area contributed by atoms with E-state index in [0.717, 1.165) is 0 Å². The minimum Gasteiger partial charge on any atom is -0.406 e. The Kier molecular flexibility index (Phi) is 4.96. The summed E-state index contributed by atoms with van der Waals surface area (Å²) in [5.41, 5.74) is 5.87. The summed E-state index contributed by atoms with van der Waals surface area (Å²) < 4.78 is 39.4. The Bertz CT molecular complexity index is 390. The van der Waals surface area contributed by atoms with Crippen molar-refractivity contribution in [2.45, 2.75) is 19.3 Å². The Morgan fingerprint density at radius 2 is 1.89 bits per heavy atom. The number of nitrogens with two attached hydrogens (primary N) is 1. The first-order valence-electron chi connectivity index (χ1n) is 5.22. The lowest BCUT2D eigenvalue weighted by Crippen LogP contribution is -2.25. The summed E-state index contributed by atoms with van der Waals surface area (Å²) in [6.45, 7) is 0.495. The molecule has 0 radical (unpaired) electrons. The number of nitrogens with one attached hydrogen (secondary N) is 1. The zero-order valence-corrected chi connectivity index (χ0v) is 9.46. The molecule has 0 fully saturated rings. The molecule has 0 aliphatic heterocycles. The van der Waals surface area contributed by atoms with Gasteiger partial charge in [0.25, 0.3) is 0 Å². The van der Waals surface area contributed by atoms with Crippen molar-refractivity contribution in [3.63, 3.8) is 0 Å². The molecule has 1 rings (SSSR count). The van der Waals surface area contributed by atoms with Crippen molar-refractivity contribution < 1.29 is 22.7 Å². The van der Waals surface area contributed by atoms with Crippen molar-refractivity contribution >= 4 is 5.91 Å². The zero-order valence-electron chi connectivity index (χ0n) is 9.46. The Hall–Kier alpha value is -1.76. The third-order valence-electron chi connectivity index (χ3n) is 2.02. The zero-order chi connectivity index (χ0) is 13.6. The fourth-order valence-electron chi connectivity index (χ4n) is 1.23. The number of benzene rings is 1. The van der Waals surface area contributed by atoms with Crippen LogP contribution in [0, 0.1) is 0 Å². The van der Waals surface area contributed by atoms with Crippen molar-refractivity contribution in [3.05, 3.63) is 29.8 Å². The summed E-state index contributed by atoms with van der Waals surface area (Å²) in [7, 11) is 0. The highest BCUT2D eigenvalue weighted by Gasteiger charge is 2.30. The quantitative estimate of drug-likeness (QED) is 0.846. The van der Waals surface area contributed by atoms with Gasteiger partial charge in [-0.2, -0.15) is 0 Å². The van der Waals surface area contributed by atoms with Gasteiger partial charge in [0, 0.05) is 19.5 Å². The van der Waals surface area contributed by atoms with Crippen LogP contribution in [0.1, 0.15) is 12.0 Å². The predicted molar refractivity (Wildman–Crippen MR) is 58.6 cm³/mol. The first-order valence-corrected chi connectivity index (χ1v) is 5.22. The molecule has 1 aromatic rings. The molecule has 4 nitrogen and oxygen atoms in total. The molecule has 1 amide bonds. The predicted octanol–water partition coefficient (Wildman–Crippen LogP) is 1.55. The van der Waals surface area contributed by atoms with E-state index >= 15 is 0 Å². The maximum Gasteiger partial charge on any atom is 0.573 e. The minimum atomic E-state index is -4.70. The first kappa shape index (κ1) is 14.3. The van der Waals surface area contributed by atoms with Gasteiger partial charge in [0.1, 0.15) is 5.75 Å². The van der Waals surface area contributed by atoms with Gasteiger partial charge < -0.3 is 15.8 Å². The molecule has 0 spiro atoms. The van der Waals surface area contributed by atoms with E-state index in [-0.39, 0.29) is 31.2 Å². The highest BCUT2D eigenvalue weighted by atomic mass is 19.4. The molecule has 0 heterocycles. The van der Waals surface area contributed by atoms with Crippen LogP contribution in [-0.4, -0.2) is 18.8 Å². The van der Waals surface area contributed by atoms with Gasteiger partial charge in [-0.05, 0) is 17.7 Å². The maximum absolute atomic E-state index is 11.9. The van der Waals surface area contributed by atoms with Crippen LogP contribution in [0.3, 0.4) is 0 Å². The number of alkyl halides is 3. The lowest BCUT2D eigenvalue weighted by Gasteiger charge is -2.09. The van der Waals surface area contributed by atoms with E-state index in [4.69, 9.17) is 5.73 Å². The van der Waals surface area contributed by atoms with Gasteiger partial charge in [0.05, 0.1) is 0 Å².